The number of rotatable bonds is 0. The fraction of sp³-hybridized carbons (Fsp3) is 0.250. The predicted octanol–water partition coefficient (Wildman–Crippen LogP) is 1.08. The van der Waals surface area contributed by atoms with Crippen molar-refractivity contribution in [1.82, 2.24) is 19.6 Å². The van der Waals surface area contributed by atoms with E-state index in [1.807, 2.05) is 14.1 Å². The third-order valence-electron chi connectivity index (χ3n) is 1.42. The summed E-state index contributed by atoms with van der Waals surface area (Å²) >= 11 is 5.43. The van der Waals surface area contributed by atoms with Crippen LogP contribution in [0.4, 0.5) is 5.82 Å². The molecule has 0 aliphatic rings. The predicted molar refractivity (Wildman–Crippen MR) is 55.8 cm³/mol. The van der Waals surface area contributed by atoms with Crippen molar-refractivity contribution in [2.45, 2.75) is 0 Å². The normalized spacial score (nSPS) is 9.36. The van der Waals surface area contributed by atoms with Crippen molar-refractivity contribution in [3.05, 3.63) is 29.7 Å². The highest BCUT2D eigenvalue weighted by Gasteiger charge is 1.84. The zero-order valence-corrected chi connectivity index (χ0v) is 8.81. The molecule has 0 saturated heterocycles. The van der Waals surface area contributed by atoms with E-state index in [1.54, 1.807) is 33.9 Å². The summed E-state index contributed by atoms with van der Waals surface area (Å²) in [6, 6.07) is 3.49. The van der Waals surface area contributed by atoms with Gasteiger partial charge in [0.2, 0.25) is 0 Å². The standard InChI is InChI=1S/C4H5ClN2.C4H7N3/c2*1-7-3-2-4(5)6-7/h2-3H,1H3;2-3H,1H3,(H2,5,6). The Bertz CT molecular complexity index is 321. The fourth-order valence-electron chi connectivity index (χ4n) is 0.820. The number of aromatic nitrogens is 4. The van der Waals surface area contributed by atoms with Gasteiger partial charge in [-0.05, 0) is 12.1 Å². The van der Waals surface area contributed by atoms with E-state index in [-0.39, 0.29) is 0 Å². The lowest BCUT2D eigenvalue weighted by atomic mass is 10.7. The number of nitrogens with two attached hydrogens (primary N) is 1. The Balaban J connectivity index is 0.000000140. The van der Waals surface area contributed by atoms with Crippen molar-refractivity contribution < 1.29 is 0 Å². The van der Waals surface area contributed by atoms with Crippen LogP contribution in [0.5, 0.6) is 0 Å². The third-order valence-corrected chi connectivity index (χ3v) is 1.62. The molecule has 2 N–H and O–H groups in total. The van der Waals surface area contributed by atoms with E-state index in [2.05, 4.69) is 10.2 Å². The highest BCUT2D eigenvalue weighted by molar-refractivity contribution is 6.29. The van der Waals surface area contributed by atoms with E-state index in [4.69, 9.17) is 17.3 Å². The van der Waals surface area contributed by atoms with E-state index >= 15 is 0 Å². The van der Waals surface area contributed by atoms with Crippen LogP contribution in [0.2, 0.25) is 5.15 Å². The summed E-state index contributed by atoms with van der Waals surface area (Å²) in [6.07, 6.45) is 3.59. The average Bonchev–Trinajstić information content (AvgIpc) is 2.63. The second kappa shape index (κ2) is 4.66. The highest BCUT2D eigenvalue weighted by atomic mass is 35.5. The molecule has 0 aromatic carbocycles. The molecule has 0 aliphatic carbocycles. The van der Waals surface area contributed by atoms with Gasteiger partial charge < -0.3 is 5.73 Å². The van der Waals surface area contributed by atoms with Gasteiger partial charge in [-0.2, -0.15) is 10.2 Å². The molecule has 0 atom stereocenters. The maximum absolute atomic E-state index is 5.43. The Hall–Kier alpha value is -1.49. The van der Waals surface area contributed by atoms with Gasteiger partial charge in [0, 0.05) is 26.5 Å². The van der Waals surface area contributed by atoms with Gasteiger partial charge in [-0.15, -0.1) is 0 Å². The fourth-order valence-corrected chi connectivity index (χ4v) is 0.995. The minimum Gasteiger partial charge on any atom is -0.382 e. The molecule has 0 fully saturated rings. The maximum atomic E-state index is 5.43. The number of aryl methyl sites for hydroxylation is 2. The van der Waals surface area contributed by atoms with Crippen LogP contribution in [0.1, 0.15) is 0 Å². The first-order valence-electron chi connectivity index (χ1n) is 3.98. The van der Waals surface area contributed by atoms with Crippen LogP contribution < -0.4 is 5.73 Å². The molecule has 0 bridgehead atoms. The first-order valence-corrected chi connectivity index (χ1v) is 4.36. The lowest BCUT2D eigenvalue weighted by molar-refractivity contribution is 0.768. The molecule has 2 aromatic heterocycles. The Kier molecular flexibility index (Phi) is 3.53. The van der Waals surface area contributed by atoms with E-state index in [1.165, 1.54) is 0 Å². The molecule has 0 unspecified atom stereocenters. The van der Waals surface area contributed by atoms with Crippen molar-refractivity contribution >= 4 is 17.4 Å². The summed E-state index contributed by atoms with van der Waals surface area (Å²) in [5, 5.41) is 8.14. The molecule has 14 heavy (non-hydrogen) atoms. The summed E-state index contributed by atoms with van der Waals surface area (Å²) in [5.41, 5.74) is 5.25. The SMILES string of the molecule is Cn1ccc(Cl)n1.Cn1ccc(N)n1. The van der Waals surface area contributed by atoms with Crippen LogP contribution in [0, 0.1) is 0 Å². The smallest absolute Gasteiger partial charge is 0.151 e. The molecular formula is C8H12ClN5. The molecule has 2 heterocycles. The van der Waals surface area contributed by atoms with Gasteiger partial charge >= 0.3 is 0 Å². The lowest BCUT2D eigenvalue weighted by Crippen LogP contribution is -1.89. The van der Waals surface area contributed by atoms with E-state index in [0.717, 1.165) is 0 Å². The second-order valence-electron chi connectivity index (χ2n) is 2.73. The topological polar surface area (TPSA) is 61.7 Å². The molecule has 0 aliphatic heterocycles. The van der Waals surface area contributed by atoms with Crippen LogP contribution in [0.15, 0.2) is 24.5 Å². The van der Waals surface area contributed by atoms with Crippen molar-refractivity contribution in [2.75, 3.05) is 5.73 Å². The zero-order valence-electron chi connectivity index (χ0n) is 8.05. The van der Waals surface area contributed by atoms with Crippen molar-refractivity contribution in [3.8, 4) is 0 Å². The molecule has 0 amide bonds. The molecule has 0 spiro atoms. The van der Waals surface area contributed by atoms with Crippen LogP contribution in [0.25, 0.3) is 0 Å². The zero-order chi connectivity index (χ0) is 10.6. The van der Waals surface area contributed by atoms with Gasteiger partial charge in [-0.25, -0.2) is 0 Å². The van der Waals surface area contributed by atoms with Crippen molar-refractivity contribution in [3.63, 3.8) is 0 Å². The first-order chi connectivity index (χ1) is 6.58. The van der Waals surface area contributed by atoms with E-state index in [9.17, 15) is 0 Å². The van der Waals surface area contributed by atoms with Crippen LogP contribution in [-0.2, 0) is 14.1 Å². The van der Waals surface area contributed by atoms with Crippen LogP contribution >= 0.6 is 11.6 Å². The van der Waals surface area contributed by atoms with Crippen LogP contribution in [0.3, 0.4) is 0 Å². The number of hydrogen-bond donors (Lipinski definition) is 1. The van der Waals surface area contributed by atoms with Gasteiger partial charge in [0.05, 0.1) is 0 Å². The Morgan fingerprint density at radius 2 is 1.71 bits per heavy atom. The average molecular weight is 214 g/mol. The van der Waals surface area contributed by atoms with Gasteiger partial charge in [0.1, 0.15) is 5.82 Å². The Morgan fingerprint density at radius 1 is 1.14 bits per heavy atom. The lowest BCUT2D eigenvalue weighted by Gasteiger charge is -1.79. The maximum Gasteiger partial charge on any atom is 0.151 e. The molecule has 6 heteroatoms. The molecule has 2 aromatic rings. The minimum absolute atomic E-state index is 0.544. The number of nitrogen functional groups attached to an aromatic ring is 1. The van der Waals surface area contributed by atoms with Gasteiger partial charge in [0.15, 0.2) is 5.15 Å². The molecule has 0 radical (unpaired) electrons. The number of anilines is 1. The van der Waals surface area contributed by atoms with Gasteiger partial charge in [-0.3, -0.25) is 9.36 Å². The number of hydrogen-bond acceptors (Lipinski definition) is 3. The monoisotopic (exact) mass is 213 g/mol. The Labute approximate surface area is 87.1 Å². The number of nitrogens with zero attached hydrogens (tertiary/aromatic N) is 4. The quantitative estimate of drug-likeness (QED) is 0.712. The van der Waals surface area contributed by atoms with Gasteiger partial charge in [-0.1, -0.05) is 11.6 Å². The molecule has 0 saturated carbocycles. The molecular weight excluding hydrogens is 202 g/mol. The van der Waals surface area contributed by atoms with E-state index in [0.29, 0.717) is 11.0 Å². The summed E-state index contributed by atoms with van der Waals surface area (Å²) < 4.78 is 3.32. The molecule has 5 nitrogen and oxygen atoms in total. The van der Waals surface area contributed by atoms with Crippen LogP contribution in [-0.4, -0.2) is 19.6 Å². The minimum atomic E-state index is 0.544. The summed E-state index contributed by atoms with van der Waals surface area (Å²) in [4.78, 5) is 0. The van der Waals surface area contributed by atoms with Gasteiger partial charge in [0.25, 0.3) is 0 Å². The summed E-state index contributed by atoms with van der Waals surface area (Å²) in [7, 11) is 3.66. The third kappa shape index (κ3) is 3.49. The molecule has 76 valence electrons. The summed E-state index contributed by atoms with van der Waals surface area (Å²) in [5.74, 6) is 0.572. The Morgan fingerprint density at radius 3 is 1.86 bits per heavy atom. The van der Waals surface area contributed by atoms with Crippen molar-refractivity contribution in [2.24, 2.45) is 14.1 Å². The largest absolute Gasteiger partial charge is 0.382 e. The second-order valence-corrected chi connectivity index (χ2v) is 3.11. The van der Waals surface area contributed by atoms with E-state index < -0.39 is 0 Å². The highest BCUT2D eigenvalue weighted by Crippen LogP contribution is 1.99. The summed E-state index contributed by atoms with van der Waals surface area (Å²) in [6.45, 7) is 0. The number of halogens is 1. The molecule has 2 rings (SSSR count). The first kappa shape index (κ1) is 10.6. The van der Waals surface area contributed by atoms with Crippen molar-refractivity contribution in [1.29, 1.82) is 0 Å².